The first-order chi connectivity index (χ1) is 14.8. The van der Waals surface area contributed by atoms with Crippen LogP contribution in [0.3, 0.4) is 0 Å². The number of fused-ring (bicyclic) bond motifs is 1. The lowest BCUT2D eigenvalue weighted by atomic mass is 10.1. The molecule has 1 saturated heterocycles. The number of nitrogens with zero attached hydrogens (tertiary/aromatic N) is 5. The first kappa shape index (κ1) is 18.7. The van der Waals surface area contributed by atoms with Crippen molar-refractivity contribution < 1.29 is 0 Å². The highest BCUT2D eigenvalue weighted by Gasteiger charge is 2.19. The number of aromatic nitrogens is 5. The molecule has 3 heterocycles. The normalized spacial score (nSPS) is 14.4. The Balaban J connectivity index is 1.50. The Kier molecular flexibility index (Phi) is 5.11. The quantitative estimate of drug-likeness (QED) is 0.537. The van der Waals surface area contributed by atoms with Crippen LogP contribution in [0.1, 0.15) is 17.0 Å². The zero-order valence-electron chi connectivity index (χ0n) is 17.1. The van der Waals surface area contributed by atoms with Crippen LogP contribution in [0.15, 0.2) is 48.5 Å². The Morgan fingerprint density at radius 3 is 2.63 bits per heavy atom. The predicted molar refractivity (Wildman–Crippen MR) is 119 cm³/mol. The van der Waals surface area contributed by atoms with Crippen LogP contribution in [-0.4, -0.2) is 51.6 Å². The molecule has 0 unspecified atom stereocenters. The summed E-state index contributed by atoms with van der Waals surface area (Å²) in [6, 6.07) is 16.7. The lowest BCUT2D eigenvalue weighted by molar-refractivity contribution is 0.580. The molecule has 2 N–H and O–H groups in total. The van der Waals surface area contributed by atoms with Gasteiger partial charge in [-0.3, -0.25) is 5.10 Å². The van der Waals surface area contributed by atoms with Crippen LogP contribution in [0.5, 0.6) is 0 Å². The smallest absolute Gasteiger partial charge is 0.183 e. The van der Waals surface area contributed by atoms with E-state index in [2.05, 4.69) is 60.9 Å². The molecule has 152 valence electrons. The summed E-state index contributed by atoms with van der Waals surface area (Å²) in [6.45, 7) is 5.77. The molecule has 0 radical (unpaired) electrons. The van der Waals surface area contributed by atoms with Gasteiger partial charge in [-0.05, 0) is 43.5 Å². The number of aromatic amines is 1. The summed E-state index contributed by atoms with van der Waals surface area (Å²) >= 11 is 0. The number of rotatable bonds is 5. The summed E-state index contributed by atoms with van der Waals surface area (Å²) in [5.41, 5.74) is 5.22. The Bertz CT molecular complexity index is 1150. The highest BCUT2D eigenvalue weighted by Crippen LogP contribution is 2.26. The van der Waals surface area contributed by atoms with E-state index in [1.165, 1.54) is 5.56 Å². The average Bonchev–Trinajstić information content (AvgIpc) is 3.19. The van der Waals surface area contributed by atoms with Crippen molar-refractivity contribution >= 4 is 16.7 Å². The van der Waals surface area contributed by atoms with Crippen molar-refractivity contribution in [2.75, 3.05) is 31.1 Å². The number of benzene rings is 2. The second-order valence-electron chi connectivity index (χ2n) is 7.70. The van der Waals surface area contributed by atoms with Crippen LogP contribution in [0.2, 0.25) is 0 Å². The molecular formula is C23H25N7. The maximum atomic E-state index is 4.99. The van der Waals surface area contributed by atoms with Crippen LogP contribution in [0, 0.1) is 6.92 Å². The van der Waals surface area contributed by atoms with Crippen molar-refractivity contribution in [1.82, 2.24) is 30.7 Å². The van der Waals surface area contributed by atoms with Gasteiger partial charge >= 0.3 is 0 Å². The monoisotopic (exact) mass is 399 g/mol. The molecule has 0 saturated carbocycles. The molecule has 1 aliphatic rings. The highest BCUT2D eigenvalue weighted by atomic mass is 15.3. The Morgan fingerprint density at radius 1 is 0.967 bits per heavy atom. The largest absolute Gasteiger partial charge is 0.352 e. The number of piperazine rings is 1. The van der Waals surface area contributed by atoms with Gasteiger partial charge in [-0.2, -0.15) is 5.10 Å². The number of H-pyrrole nitrogens is 1. The second-order valence-corrected chi connectivity index (χ2v) is 7.70. The van der Waals surface area contributed by atoms with Gasteiger partial charge in [-0.25, -0.2) is 4.98 Å². The molecule has 0 aliphatic carbocycles. The Hall–Kier alpha value is -3.32. The Labute approximate surface area is 175 Å². The molecule has 0 amide bonds. The molecule has 7 heteroatoms. The van der Waals surface area contributed by atoms with Crippen LogP contribution in [0.4, 0.5) is 5.82 Å². The van der Waals surface area contributed by atoms with Gasteiger partial charge in [0.1, 0.15) is 5.69 Å². The molecule has 1 aliphatic heterocycles. The van der Waals surface area contributed by atoms with Gasteiger partial charge < -0.3 is 10.2 Å². The molecule has 7 nitrogen and oxygen atoms in total. The number of aryl methyl sites for hydroxylation is 3. The van der Waals surface area contributed by atoms with Crippen LogP contribution in [0.25, 0.3) is 22.3 Å². The summed E-state index contributed by atoms with van der Waals surface area (Å²) in [5.74, 6) is 1.62. The van der Waals surface area contributed by atoms with E-state index >= 15 is 0 Å². The third-order valence-electron chi connectivity index (χ3n) is 5.66. The number of nitrogens with one attached hydrogen (secondary N) is 2. The molecule has 5 rings (SSSR count). The van der Waals surface area contributed by atoms with E-state index in [9.17, 15) is 0 Å². The van der Waals surface area contributed by atoms with E-state index in [-0.39, 0.29) is 0 Å². The molecule has 4 aromatic rings. The molecule has 30 heavy (non-hydrogen) atoms. The van der Waals surface area contributed by atoms with Crippen molar-refractivity contribution in [3.8, 4) is 11.4 Å². The number of hydrogen-bond acceptors (Lipinski definition) is 6. The van der Waals surface area contributed by atoms with E-state index < -0.39 is 0 Å². The highest BCUT2D eigenvalue weighted by molar-refractivity contribution is 5.85. The molecule has 0 atom stereocenters. The number of anilines is 1. The van der Waals surface area contributed by atoms with E-state index in [0.717, 1.165) is 72.7 Å². The fraction of sp³-hybridized carbons (Fsp3) is 0.304. The standard InChI is InChI=1S/C23H25N7/c1-16-19-15-18(8-10-20(19)27-26-16)22-25-23(30-13-11-24-12-14-30)21(28-29-22)9-7-17-5-3-2-4-6-17/h2-6,8,10,15,24H,7,9,11-14H2,1H3,(H,26,27). The number of hydrogen-bond donors (Lipinski definition) is 2. The van der Waals surface area contributed by atoms with Gasteiger partial charge in [0, 0.05) is 37.1 Å². The fourth-order valence-corrected chi connectivity index (χ4v) is 3.95. The molecule has 0 bridgehead atoms. The third-order valence-corrected chi connectivity index (χ3v) is 5.66. The van der Waals surface area contributed by atoms with Gasteiger partial charge in [-0.1, -0.05) is 30.3 Å². The summed E-state index contributed by atoms with van der Waals surface area (Å²) in [7, 11) is 0. The zero-order chi connectivity index (χ0) is 20.3. The van der Waals surface area contributed by atoms with Gasteiger partial charge in [0.15, 0.2) is 11.6 Å². The first-order valence-corrected chi connectivity index (χ1v) is 10.5. The van der Waals surface area contributed by atoms with Gasteiger partial charge in [0.25, 0.3) is 0 Å². The topological polar surface area (TPSA) is 82.6 Å². The molecular weight excluding hydrogens is 374 g/mol. The molecule has 0 spiro atoms. The Morgan fingerprint density at radius 2 is 1.80 bits per heavy atom. The molecule has 2 aromatic heterocycles. The minimum absolute atomic E-state index is 0.662. The van der Waals surface area contributed by atoms with E-state index in [1.54, 1.807) is 0 Å². The van der Waals surface area contributed by atoms with Crippen LogP contribution >= 0.6 is 0 Å². The van der Waals surface area contributed by atoms with Crippen molar-refractivity contribution in [2.45, 2.75) is 19.8 Å². The lowest BCUT2D eigenvalue weighted by Crippen LogP contribution is -2.44. The van der Waals surface area contributed by atoms with E-state index in [0.29, 0.717) is 5.82 Å². The van der Waals surface area contributed by atoms with Crippen molar-refractivity contribution in [1.29, 1.82) is 0 Å². The maximum Gasteiger partial charge on any atom is 0.183 e. The molecule has 2 aromatic carbocycles. The summed E-state index contributed by atoms with van der Waals surface area (Å²) < 4.78 is 0. The fourth-order valence-electron chi connectivity index (χ4n) is 3.95. The minimum atomic E-state index is 0.662. The van der Waals surface area contributed by atoms with Gasteiger partial charge in [0.2, 0.25) is 0 Å². The van der Waals surface area contributed by atoms with Crippen molar-refractivity contribution in [2.24, 2.45) is 0 Å². The van der Waals surface area contributed by atoms with E-state index in [4.69, 9.17) is 4.98 Å². The predicted octanol–water partition coefficient (Wildman–Crippen LogP) is 2.92. The summed E-state index contributed by atoms with van der Waals surface area (Å²) in [4.78, 5) is 7.32. The summed E-state index contributed by atoms with van der Waals surface area (Å²) in [5, 5.41) is 21.0. The maximum absolute atomic E-state index is 4.99. The van der Waals surface area contributed by atoms with Crippen molar-refractivity contribution in [3.05, 3.63) is 65.5 Å². The lowest BCUT2D eigenvalue weighted by Gasteiger charge is -2.29. The van der Waals surface area contributed by atoms with Gasteiger partial charge in [0.05, 0.1) is 11.2 Å². The van der Waals surface area contributed by atoms with E-state index in [1.807, 2.05) is 25.1 Å². The van der Waals surface area contributed by atoms with Crippen LogP contribution in [-0.2, 0) is 12.8 Å². The second kappa shape index (κ2) is 8.20. The minimum Gasteiger partial charge on any atom is -0.352 e. The third kappa shape index (κ3) is 3.76. The summed E-state index contributed by atoms with van der Waals surface area (Å²) in [6.07, 6.45) is 1.75. The average molecular weight is 400 g/mol. The van der Waals surface area contributed by atoms with Crippen molar-refractivity contribution in [3.63, 3.8) is 0 Å². The SMILES string of the molecule is Cc1n[nH]c2ccc(-c3nnc(CCc4ccccc4)c(N4CCNCC4)n3)cc12. The zero-order valence-corrected chi connectivity index (χ0v) is 17.1. The van der Waals surface area contributed by atoms with Gasteiger partial charge in [-0.15, -0.1) is 10.2 Å². The molecule has 1 fully saturated rings. The van der Waals surface area contributed by atoms with Crippen LogP contribution < -0.4 is 10.2 Å². The first-order valence-electron chi connectivity index (χ1n) is 10.5.